The second kappa shape index (κ2) is 7.04. The first-order valence-corrected chi connectivity index (χ1v) is 11.4. The van der Waals surface area contributed by atoms with E-state index in [1.807, 2.05) is 0 Å². The summed E-state index contributed by atoms with van der Waals surface area (Å²) in [5.74, 6) is 0. The Balaban J connectivity index is 2.56. The van der Waals surface area contributed by atoms with Gasteiger partial charge in [0.2, 0.25) is 0 Å². The van der Waals surface area contributed by atoms with Crippen LogP contribution in [-0.2, 0) is 0 Å². The summed E-state index contributed by atoms with van der Waals surface area (Å²) < 4.78 is 2.41. The Labute approximate surface area is 102 Å². The molecule has 0 saturated carbocycles. The van der Waals surface area contributed by atoms with Crippen molar-refractivity contribution in [3.05, 3.63) is 35.9 Å². The van der Waals surface area contributed by atoms with Crippen molar-refractivity contribution in [2.45, 2.75) is 10.3 Å². The average Bonchev–Trinajstić information content (AvgIpc) is 2.21. The van der Waals surface area contributed by atoms with E-state index in [-0.39, 0.29) is 0 Å². The molecule has 0 heterocycles. The van der Waals surface area contributed by atoms with Crippen molar-refractivity contribution in [1.29, 1.82) is 0 Å². The molecule has 13 heavy (non-hydrogen) atoms. The van der Waals surface area contributed by atoms with Gasteiger partial charge in [0, 0.05) is 0 Å². The monoisotopic (exact) mass is 402 g/mol. The van der Waals surface area contributed by atoms with E-state index in [1.54, 1.807) is 5.56 Å². The fourth-order valence-electron chi connectivity index (χ4n) is 1.27. The first kappa shape index (κ1) is 11.8. The van der Waals surface area contributed by atoms with Crippen LogP contribution in [0.1, 0.15) is 15.9 Å². The van der Waals surface area contributed by atoms with Gasteiger partial charge in [-0.05, 0) is 0 Å². The fraction of sp³-hybridized carbons (Fsp3) is 0.455. The number of benzene rings is 1. The molecule has 76 valence electrons. The topological polar surface area (TPSA) is 0 Å². The minimum atomic E-state index is 0.368. The molecule has 0 aromatic heterocycles. The van der Waals surface area contributed by atoms with Crippen molar-refractivity contribution in [2.24, 2.45) is 0 Å². The molecule has 0 aliphatic rings. The summed E-state index contributed by atoms with van der Waals surface area (Å²) in [5.41, 5.74) is 1.58. The summed E-state index contributed by atoms with van der Waals surface area (Å²) in [6.07, 6.45) is 1.44. The molecule has 0 aliphatic heterocycles. The summed E-state index contributed by atoms with van der Waals surface area (Å²) in [6, 6.07) is 11.0. The minimum absolute atomic E-state index is 0.368. The zero-order chi connectivity index (χ0) is 9.52. The molecule has 0 radical (unpaired) electrons. The van der Waals surface area contributed by atoms with Gasteiger partial charge in [-0.15, -0.1) is 0 Å². The van der Waals surface area contributed by atoms with Crippen molar-refractivity contribution in [2.75, 3.05) is 14.3 Å². The van der Waals surface area contributed by atoms with E-state index in [2.05, 4.69) is 40.2 Å². The number of alkyl halides is 4. The zero-order valence-corrected chi connectivity index (χ0v) is 12.4. The van der Waals surface area contributed by atoms with Crippen LogP contribution in [0.15, 0.2) is 30.3 Å². The Kier molecular flexibility index (Phi) is 6.36. The van der Waals surface area contributed by atoms with Gasteiger partial charge in [-0.1, -0.05) is 0 Å². The van der Waals surface area contributed by atoms with Crippen molar-refractivity contribution in [3.8, 4) is 0 Å². The normalized spacial score (nSPS) is 13.4. The van der Waals surface area contributed by atoms with Crippen LogP contribution in [0.5, 0.6) is 0 Å². The third-order valence-electron chi connectivity index (χ3n) is 1.98. The Morgan fingerprint density at radius 3 is 2.38 bits per heavy atom. The Bertz CT molecular complexity index is 221. The predicted octanol–water partition coefficient (Wildman–Crippen LogP) is -3.44. The fourth-order valence-corrected chi connectivity index (χ4v) is 5.77. The SMILES string of the molecule is C[I-]CCC([I-]C)c1ccccc1. The molecular weight excluding hydrogens is 386 g/mol. The van der Waals surface area contributed by atoms with Crippen molar-refractivity contribution in [1.82, 2.24) is 0 Å². The summed E-state index contributed by atoms with van der Waals surface area (Å²) in [6.45, 7) is 0. The number of halogens is 2. The average molecular weight is 402 g/mol. The van der Waals surface area contributed by atoms with Crippen LogP contribution in [0.2, 0.25) is 0 Å². The van der Waals surface area contributed by atoms with Crippen molar-refractivity contribution < 1.29 is 42.4 Å². The molecule has 0 saturated heterocycles. The quantitative estimate of drug-likeness (QED) is 0.356. The van der Waals surface area contributed by atoms with Crippen LogP contribution >= 0.6 is 0 Å². The third-order valence-corrected chi connectivity index (χ3v) is 6.52. The maximum absolute atomic E-state index is 2.41. The van der Waals surface area contributed by atoms with Gasteiger partial charge >= 0.3 is 103 Å². The molecule has 0 nitrogen and oxygen atoms in total. The number of rotatable bonds is 5. The van der Waals surface area contributed by atoms with E-state index < -0.39 is 0 Å². The second-order valence-electron chi connectivity index (χ2n) is 2.84. The summed E-state index contributed by atoms with van der Waals surface area (Å²) in [4.78, 5) is 4.79. The molecule has 1 unspecified atom stereocenters. The molecule has 0 N–H and O–H groups in total. The van der Waals surface area contributed by atoms with Crippen LogP contribution in [0.4, 0.5) is 0 Å². The second-order valence-corrected chi connectivity index (χ2v) is 8.19. The molecule has 0 fully saturated rings. The van der Waals surface area contributed by atoms with E-state index in [1.165, 1.54) is 10.8 Å². The predicted molar refractivity (Wildman–Crippen MR) is 50.5 cm³/mol. The first-order valence-electron chi connectivity index (χ1n) is 4.35. The molecule has 1 rings (SSSR count). The molecule has 2 heteroatoms. The molecular formula is C11H16I2-2. The van der Waals surface area contributed by atoms with Gasteiger partial charge in [-0.3, -0.25) is 0 Å². The Morgan fingerprint density at radius 1 is 1.15 bits per heavy atom. The van der Waals surface area contributed by atoms with Gasteiger partial charge < -0.3 is 0 Å². The summed E-state index contributed by atoms with van der Waals surface area (Å²) >= 11 is 0.861. The zero-order valence-electron chi connectivity index (χ0n) is 8.13. The van der Waals surface area contributed by atoms with Crippen LogP contribution in [0.3, 0.4) is 0 Å². The van der Waals surface area contributed by atoms with Crippen LogP contribution in [0.25, 0.3) is 0 Å². The van der Waals surface area contributed by atoms with Gasteiger partial charge in [0.05, 0.1) is 0 Å². The van der Waals surface area contributed by atoms with E-state index in [0.29, 0.717) is 42.4 Å². The molecule has 0 spiro atoms. The first-order chi connectivity index (χ1) is 6.38. The van der Waals surface area contributed by atoms with Crippen LogP contribution in [-0.4, -0.2) is 14.3 Å². The van der Waals surface area contributed by atoms with Gasteiger partial charge in [0.1, 0.15) is 0 Å². The van der Waals surface area contributed by atoms with E-state index >= 15 is 0 Å². The van der Waals surface area contributed by atoms with E-state index in [4.69, 9.17) is 0 Å². The Hall–Kier alpha value is 0.680. The van der Waals surface area contributed by atoms with Crippen LogP contribution < -0.4 is 42.4 Å². The number of hydrogen-bond acceptors (Lipinski definition) is 0. The standard InChI is InChI=1S/C11H16I2/c1-12-9-8-11(13-2)10-6-4-3-5-7-10/h3-7,11H,8-9H2,1-2H3/q-2. The third kappa shape index (κ3) is 4.14. The maximum atomic E-state index is 2.41. The van der Waals surface area contributed by atoms with Crippen molar-refractivity contribution in [3.63, 3.8) is 0 Å². The molecule has 0 amide bonds. The Morgan fingerprint density at radius 2 is 1.85 bits per heavy atom. The summed E-state index contributed by atoms with van der Waals surface area (Å²) in [7, 11) is 0. The van der Waals surface area contributed by atoms with Gasteiger partial charge in [0.25, 0.3) is 0 Å². The van der Waals surface area contributed by atoms with E-state index in [9.17, 15) is 0 Å². The van der Waals surface area contributed by atoms with Gasteiger partial charge in [0.15, 0.2) is 0 Å². The molecule has 0 aliphatic carbocycles. The number of hydrogen-bond donors (Lipinski definition) is 0. The van der Waals surface area contributed by atoms with Gasteiger partial charge in [-0.25, -0.2) is 0 Å². The van der Waals surface area contributed by atoms with Crippen molar-refractivity contribution >= 4 is 0 Å². The molecule has 1 aromatic carbocycles. The summed E-state index contributed by atoms with van der Waals surface area (Å²) in [5, 5.41) is 0. The van der Waals surface area contributed by atoms with Crippen LogP contribution in [0, 0.1) is 0 Å². The molecule has 1 atom stereocenters. The molecule has 1 aromatic rings. The van der Waals surface area contributed by atoms with E-state index in [0.717, 1.165) is 3.92 Å². The molecule has 0 bridgehead atoms. The van der Waals surface area contributed by atoms with Gasteiger partial charge in [-0.2, -0.15) is 0 Å².